The summed E-state index contributed by atoms with van der Waals surface area (Å²) in [5.41, 5.74) is 3.97. The summed E-state index contributed by atoms with van der Waals surface area (Å²) in [5.74, 6) is 0.523. The van der Waals surface area contributed by atoms with Crippen molar-refractivity contribution in [1.29, 1.82) is 0 Å². The molecule has 0 radical (unpaired) electrons. The summed E-state index contributed by atoms with van der Waals surface area (Å²) in [6, 6.07) is 32.1. The van der Waals surface area contributed by atoms with Crippen molar-refractivity contribution in [3.05, 3.63) is 108 Å². The second-order valence-corrected chi connectivity index (χ2v) is 6.51. The fraction of sp³-hybridized carbons (Fsp3) is 0.217. The first-order valence-corrected chi connectivity index (χ1v) is 8.70. The van der Waals surface area contributed by atoms with E-state index in [4.69, 9.17) is 4.74 Å². The highest BCUT2D eigenvalue weighted by molar-refractivity contribution is 5.26. The van der Waals surface area contributed by atoms with E-state index in [-0.39, 0.29) is 12.2 Å². The molecule has 0 saturated carbocycles. The maximum absolute atomic E-state index is 6.51. The molecule has 120 valence electrons. The predicted octanol–water partition coefficient (Wildman–Crippen LogP) is 6.06. The van der Waals surface area contributed by atoms with Crippen LogP contribution in [-0.4, -0.2) is 0 Å². The Bertz CT molecular complexity index is 638. The minimum absolute atomic E-state index is 0.148. The van der Waals surface area contributed by atoms with Crippen molar-refractivity contribution < 1.29 is 4.74 Å². The summed E-state index contributed by atoms with van der Waals surface area (Å²) in [6.45, 7) is 0. The molecule has 0 bridgehead atoms. The summed E-state index contributed by atoms with van der Waals surface area (Å²) in [4.78, 5) is 0. The van der Waals surface area contributed by atoms with Gasteiger partial charge >= 0.3 is 0 Å². The molecule has 1 nitrogen and oxygen atoms in total. The summed E-state index contributed by atoms with van der Waals surface area (Å²) < 4.78 is 6.51. The largest absolute Gasteiger partial charge is 0.366 e. The van der Waals surface area contributed by atoms with Gasteiger partial charge in [-0.25, -0.2) is 0 Å². The minimum atomic E-state index is 0.148. The van der Waals surface area contributed by atoms with Crippen LogP contribution in [-0.2, 0) is 4.74 Å². The van der Waals surface area contributed by atoms with Gasteiger partial charge in [-0.15, -0.1) is 0 Å². The summed E-state index contributed by atoms with van der Waals surface area (Å²) in [5, 5.41) is 0. The molecule has 3 atom stereocenters. The van der Waals surface area contributed by atoms with Gasteiger partial charge < -0.3 is 4.74 Å². The van der Waals surface area contributed by atoms with Crippen molar-refractivity contribution in [2.75, 3.05) is 0 Å². The van der Waals surface area contributed by atoms with Crippen molar-refractivity contribution in [1.82, 2.24) is 0 Å². The van der Waals surface area contributed by atoms with Gasteiger partial charge in [0.25, 0.3) is 0 Å². The lowest BCUT2D eigenvalue weighted by atomic mass is 9.82. The Morgan fingerprint density at radius 2 is 0.875 bits per heavy atom. The molecule has 1 heterocycles. The SMILES string of the molecule is c1ccc(C2C[C@@H](c3ccccc3)O[C@@H](c3ccccc3)C2)cc1. The van der Waals surface area contributed by atoms with Gasteiger partial charge in [-0.3, -0.25) is 0 Å². The first kappa shape index (κ1) is 15.2. The maximum Gasteiger partial charge on any atom is 0.0839 e. The van der Waals surface area contributed by atoms with Crippen LogP contribution in [0.5, 0.6) is 0 Å². The van der Waals surface area contributed by atoms with E-state index >= 15 is 0 Å². The second kappa shape index (κ2) is 7.02. The van der Waals surface area contributed by atoms with E-state index in [1.807, 2.05) is 0 Å². The molecule has 0 aliphatic carbocycles. The minimum Gasteiger partial charge on any atom is -0.366 e. The molecule has 1 saturated heterocycles. The number of hydrogen-bond donors (Lipinski definition) is 0. The molecule has 4 rings (SSSR count). The molecule has 1 heteroatoms. The molecular weight excluding hydrogens is 292 g/mol. The molecule has 0 spiro atoms. The standard InChI is InChI=1S/C23H22O/c1-4-10-18(11-5-1)21-16-22(19-12-6-2-7-13-19)24-23(17-21)20-14-8-3-9-15-20/h1-15,21-23H,16-17H2/t21?,22-,23+. The smallest absolute Gasteiger partial charge is 0.0839 e. The third kappa shape index (κ3) is 3.27. The monoisotopic (exact) mass is 314 g/mol. The van der Waals surface area contributed by atoms with Gasteiger partial charge in [-0.05, 0) is 35.4 Å². The van der Waals surface area contributed by atoms with E-state index in [9.17, 15) is 0 Å². The zero-order valence-electron chi connectivity index (χ0n) is 13.7. The van der Waals surface area contributed by atoms with Crippen LogP contribution < -0.4 is 0 Å². The summed E-state index contributed by atoms with van der Waals surface area (Å²) in [6.07, 6.45) is 2.38. The van der Waals surface area contributed by atoms with E-state index < -0.39 is 0 Å². The van der Waals surface area contributed by atoms with E-state index in [0.717, 1.165) is 12.8 Å². The third-order valence-corrected chi connectivity index (χ3v) is 4.94. The van der Waals surface area contributed by atoms with Crippen LogP contribution >= 0.6 is 0 Å². The van der Waals surface area contributed by atoms with Crippen LogP contribution in [0.4, 0.5) is 0 Å². The van der Waals surface area contributed by atoms with Crippen LogP contribution in [0.2, 0.25) is 0 Å². The van der Waals surface area contributed by atoms with E-state index in [0.29, 0.717) is 5.92 Å². The average Bonchev–Trinajstić information content (AvgIpc) is 2.70. The molecule has 1 aliphatic rings. The van der Waals surface area contributed by atoms with Crippen LogP contribution in [0.15, 0.2) is 91.0 Å². The molecule has 1 unspecified atom stereocenters. The van der Waals surface area contributed by atoms with Gasteiger partial charge in [0.05, 0.1) is 12.2 Å². The summed E-state index contributed by atoms with van der Waals surface area (Å²) >= 11 is 0. The molecule has 24 heavy (non-hydrogen) atoms. The molecule has 1 fully saturated rings. The lowest BCUT2D eigenvalue weighted by Gasteiger charge is -2.36. The predicted molar refractivity (Wildman–Crippen MR) is 97.9 cm³/mol. The zero-order chi connectivity index (χ0) is 16.2. The number of benzene rings is 3. The lowest BCUT2D eigenvalue weighted by Crippen LogP contribution is -2.22. The highest BCUT2D eigenvalue weighted by atomic mass is 16.5. The van der Waals surface area contributed by atoms with Gasteiger partial charge in [0, 0.05) is 0 Å². The van der Waals surface area contributed by atoms with Crippen molar-refractivity contribution in [2.45, 2.75) is 31.0 Å². The third-order valence-electron chi connectivity index (χ3n) is 4.94. The maximum atomic E-state index is 6.51. The Balaban J connectivity index is 1.66. The highest BCUT2D eigenvalue weighted by Crippen LogP contribution is 2.45. The van der Waals surface area contributed by atoms with Gasteiger partial charge in [-0.2, -0.15) is 0 Å². The number of ether oxygens (including phenoxy) is 1. The Morgan fingerprint density at radius 3 is 1.29 bits per heavy atom. The zero-order valence-corrected chi connectivity index (χ0v) is 13.7. The number of rotatable bonds is 3. The second-order valence-electron chi connectivity index (χ2n) is 6.51. The van der Waals surface area contributed by atoms with Crippen molar-refractivity contribution in [3.63, 3.8) is 0 Å². The van der Waals surface area contributed by atoms with E-state index in [1.54, 1.807) is 0 Å². The molecule has 1 aliphatic heterocycles. The van der Waals surface area contributed by atoms with Gasteiger partial charge in [0.1, 0.15) is 0 Å². The Hall–Kier alpha value is -2.38. The van der Waals surface area contributed by atoms with Gasteiger partial charge in [0.15, 0.2) is 0 Å². The number of hydrogen-bond acceptors (Lipinski definition) is 1. The van der Waals surface area contributed by atoms with Crippen molar-refractivity contribution >= 4 is 0 Å². The lowest BCUT2D eigenvalue weighted by molar-refractivity contribution is -0.0619. The topological polar surface area (TPSA) is 9.23 Å². The van der Waals surface area contributed by atoms with Gasteiger partial charge in [-0.1, -0.05) is 91.0 Å². The van der Waals surface area contributed by atoms with E-state index in [2.05, 4.69) is 91.0 Å². The average molecular weight is 314 g/mol. The van der Waals surface area contributed by atoms with Crippen LogP contribution in [0.3, 0.4) is 0 Å². The van der Waals surface area contributed by atoms with Crippen molar-refractivity contribution in [3.8, 4) is 0 Å². The van der Waals surface area contributed by atoms with E-state index in [1.165, 1.54) is 16.7 Å². The van der Waals surface area contributed by atoms with Crippen LogP contribution in [0, 0.1) is 0 Å². The first-order valence-electron chi connectivity index (χ1n) is 8.70. The van der Waals surface area contributed by atoms with Crippen LogP contribution in [0.25, 0.3) is 0 Å². The molecule has 0 N–H and O–H groups in total. The summed E-state index contributed by atoms with van der Waals surface area (Å²) in [7, 11) is 0. The molecule has 3 aromatic carbocycles. The molecular formula is C23H22O. The normalized spacial score (nSPS) is 23.8. The van der Waals surface area contributed by atoms with Crippen LogP contribution in [0.1, 0.15) is 47.7 Å². The Kier molecular flexibility index (Phi) is 4.44. The quantitative estimate of drug-likeness (QED) is 0.570. The van der Waals surface area contributed by atoms with Crippen molar-refractivity contribution in [2.24, 2.45) is 0 Å². The first-order chi connectivity index (χ1) is 11.9. The fourth-order valence-corrected chi connectivity index (χ4v) is 3.68. The Morgan fingerprint density at radius 1 is 0.500 bits per heavy atom. The molecule has 0 aromatic heterocycles. The highest BCUT2D eigenvalue weighted by Gasteiger charge is 2.31. The Labute approximate surface area is 143 Å². The molecule has 3 aromatic rings. The fourth-order valence-electron chi connectivity index (χ4n) is 3.68. The molecule has 0 amide bonds. The van der Waals surface area contributed by atoms with Gasteiger partial charge in [0.2, 0.25) is 0 Å².